The molecule has 0 atom stereocenters. The molecule has 1 aromatic carbocycles. The van der Waals surface area contributed by atoms with E-state index in [1.807, 2.05) is 18.2 Å². The predicted molar refractivity (Wildman–Crippen MR) is 99.5 cm³/mol. The predicted octanol–water partition coefficient (Wildman–Crippen LogP) is 3.09. The van der Waals surface area contributed by atoms with Gasteiger partial charge in [-0.15, -0.1) is 0 Å². The van der Waals surface area contributed by atoms with Gasteiger partial charge in [0, 0.05) is 6.54 Å². The molecule has 1 saturated heterocycles. The van der Waals surface area contributed by atoms with E-state index in [9.17, 15) is 4.79 Å². The van der Waals surface area contributed by atoms with Gasteiger partial charge in [-0.2, -0.15) is 0 Å². The van der Waals surface area contributed by atoms with E-state index in [0.717, 1.165) is 18.0 Å². The van der Waals surface area contributed by atoms with Crippen molar-refractivity contribution >= 4 is 16.9 Å². The number of rotatable bonds is 6. The van der Waals surface area contributed by atoms with Crippen molar-refractivity contribution in [3.8, 4) is 0 Å². The lowest BCUT2D eigenvalue weighted by molar-refractivity contribution is 0.181. The van der Waals surface area contributed by atoms with Gasteiger partial charge in [-0.1, -0.05) is 26.0 Å². The summed E-state index contributed by atoms with van der Waals surface area (Å²) in [5, 5.41) is 3.97. The molecule has 1 aliphatic heterocycles. The molecule has 0 amide bonds. The van der Waals surface area contributed by atoms with Crippen LogP contribution in [-0.2, 0) is 0 Å². The maximum absolute atomic E-state index is 12.1. The van der Waals surface area contributed by atoms with Gasteiger partial charge < -0.3 is 10.2 Å². The number of para-hydroxylation sites is 1. The molecule has 0 saturated carbocycles. The molecule has 0 unspecified atom stereocenters. The van der Waals surface area contributed by atoms with Gasteiger partial charge in [-0.05, 0) is 62.9 Å². The van der Waals surface area contributed by atoms with Crippen LogP contribution in [0, 0.1) is 11.8 Å². The van der Waals surface area contributed by atoms with Crippen molar-refractivity contribution in [2.75, 3.05) is 31.5 Å². The number of likely N-dealkylation sites (tertiary alicyclic amines) is 1. The Kier molecular flexibility index (Phi) is 5.51. The van der Waals surface area contributed by atoms with E-state index in [1.54, 1.807) is 6.07 Å². The van der Waals surface area contributed by atoms with Crippen LogP contribution in [0.3, 0.4) is 0 Å². The quantitative estimate of drug-likeness (QED) is 0.855. The van der Waals surface area contributed by atoms with Crippen molar-refractivity contribution < 1.29 is 0 Å². The summed E-state index contributed by atoms with van der Waals surface area (Å²) in [4.78, 5) is 22.0. The number of hydrogen-bond acceptors (Lipinski definition) is 4. The van der Waals surface area contributed by atoms with Crippen LogP contribution in [-0.4, -0.2) is 41.0 Å². The normalized spacial score (nSPS) is 16.8. The molecule has 1 aliphatic rings. The summed E-state index contributed by atoms with van der Waals surface area (Å²) in [6, 6.07) is 7.45. The van der Waals surface area contributed by atoms with E-state index in [1.165, 1.54) is 38.9 Å². The smallest absolute Gasteiger partial charge is 0.260 e. The molecule has 2 heterocycles. The van der Waals surface area contributed by atoms with Crippen LogP contribution < -0.4 is 10.9 Å². The van der Waals surface area contributed by atoms with E-state index in [4.69, 9.17) is 0 Å². The highest BCUT2D eigenvalue weighted by molar-refractivity contribution is 5.78. The third-order valence-electron chi connectivity index (χ3n) is 4.90. The van der Waals surface area contributed by atoms with E-state index in [0.29, 0.717) is 17.3 Å². The zero-order chi connectivity index (χ0) is 16.9. The van der Waals surface area contributed by atoms with Crippen molar-refractivity contribution in [3.63, 3.8) is 0 Å². The van der Waals surface area contributed by atoms with Gasteiger partial charge in [-0.25, -0.2) is 4.98 Å². The first-order valence-electron chi connectivity index (χ1n) is 9.07. The fourth-order valence-corrected chi connectivity index (χ4v) is 3.27. The van der Waals surface area contributed by atoms with Gasteiger partial charge >= 0.3 is 0 Å². The fourth-order valence-electron chi connectivity index (χ4n) is 3.27. The Morgan fingerprint density at radius 3 is 2.79 bits per heavy atom. The maximum atomic E-state index is 12.1. The zero-order valence-corrected chi connectivity index (χ0v) is 14.7. The molecule has 0 bridgehead atoms. The van der Waals surface area contributed by atoms with Crippen LogP contribution in [0.25, 0.3) is 10.9 Å². The van der Waals surface area contributed by atoms with Crippen LogP contribution in [0.2, 0.25) is 0 Å². The molecule has 5 heteroatoms. The molecule has 0 aliphatic carbocycles. The monoisotopic (exact) mass is 328 g/mol. The van der Waals surface area contributed by atoms with E-state index >= 15 is 0 Å². The molecule has 2 aromatic rings. The van der Waals surface area contributed by atoms with Gasteiger partial charge in [0.15, 0.2) is 0 Å². The second kappa shape index (κ2) is 7.79. The first kappa shape index (κ1) is 17.0. The van der Waals surface area contributed by atoms with Crippen LogP contribution in [0.15, 0.2) is 29.1 Å². The number of aromatic amines is 1. The zero-order valence-electron chi connectivity index (χ0n) is 14.7. The standard InChI is InChI=1S/C19H28N4O/c1-14(2)7-10-23-11-8-15(9-12-23)13-20-19-21-17-6-4-3-5-16(17)18(24)22-19/h3-6,14-15H,7-13H2,1-2H3,(H2,20,21,22,24). The summed E-state index contributed by atoms with van der Waals surface area (Å²) in [5.74, 6) is 2.01. The molecule has 2 N–H and O–H groups in total. The van der Waals surface area contributed by atoms with Crippen molar-refractivity contribution in [1.82, 2.24) is 14.9 Å². The molecule has 5 nitrogen and oxygen atoms in total. The number of fused-ring (bicyclic) bond motifs is 1. The molecule has 1 aromatic heterocycles. The van der Waals surface area contributed by atoms with Crippen molar-refractivity contribution in [2.45, 2.75) is 33.1 Å². The van der Waals surface area contributed by atoms with Gasteiger partial charge in [0.2, 0.25) is 5.95 Å². The number of piperidine rings is 1. The lowest BCUT2D eigenvalue weighted by Gasteiger charge is -2.32. The number of H-pyrrole nitrogens is 1. The third-order valence-corrected chi connectivity index (χ3v) is 4.90. The minimum atomic E-state index is -0.0772. The molecule has 3 rings (SSSR count). The lowest BCUT2D eigenvalue weighted by atomic mass is 9.96. The largest absolute Gasteiger partial charge is 0.355 e. The summed E-state index contributed by atoms with van der Waals surface area (Å²) in [6.07, 6.45) is 3.71. The molecule has 1 fully saturated rings. The van der Waals surface area contributed by atoms with Crippen LogP contribution in [0.5, 0.6) is 0 Å². The third kappa shape index (κ3) is 4.35. The number of aromatic nitrogens is 2. The summed E-state index contributed by atoms with van der Waals surface area (Å²) in [6.45, 7) is 9.03. The second-order valence-corrected chi connectivity index (χ2v) is 7.28. The molecular weight excluding hydrogens is 300 g/mol. The highest BCUT2D eigenvalue weighted by Crippen LogP contribution is 2.18. The van der Waals surface area contributed by atoms with Crippen molar-refractivity contribution in [2.24, 2.45) is 11.8 Å². The van der Waals surface area contributed by atoms with Crippen LogP contribution in [0.4, 0.5) is 5.95 Å². The molecule has 0 spiro atoms. The number of benzene rings is 1. The summed E-state index contributed by atoms with van der Waals surface area (Å²) < 4.78 is 0. The highest BCUT2D eigenvalue weighted by Gasteiger charge is 2.19. The summed E-state index contributed by atoms with van der Waals surface area (Å²) >= 11 is 0. The maximum Gasteiger partial charge on any atom is 0.260 e. The van der Waals surface area contributed by atoms with Crippen LogP contribution in [0.1, 0.15) is 33.1 Å². The van der Waals surface area contributed by atoms with E-state index in [2.05, 4.69) is 34.0 Å². The summed E-state index contributed by atoms with van der Waals surface area (Å²) in [5.41, 5.74) is 0.666. The Labute approximate surface area is 143 Å². The molecule has 130 valence electrons. The summed E-state index contributed by atoms with van der Waals surface area (Å²) in [7, 11) is 0. The van der Waals surface area contributed by atoms with Gasteiger partial charge in [-0.3, -0.25) is 9.78 Å². The van der Waals surface area contributed by atoms with Crippen molar-refractivity contribution in [3.05, 3.63) is 34.6 Å². The van der Waals surface area contributed by atoms with Crippen molar-refractivity contribution in [1.29, 1.82) is 0 Å². The van der Waals surface area contributed by atoms with Gasteiger partial charge in [0.05, 0.1) is 10.9 Å². The Morgan fingerprint density at radius 1 is 1.29 bits per heavy atom. The highest BCUT2D eigenvalue weighted by atomic mass is 16.1. The Hall–Kier alpha value is -1.88. The molecule has 0 radical (unpaired) electrons. The molecular formula is C19H28N4O. The first-order valence-corrected chi connectivity index (χ1v) is 9.07. The number of hydrogen-bond donors (Lipinski definition) is 2. The van der Waals surface area contributed by atoms with E-state index < -0.39 is 0 Å². The first-order chi connectivity index (χ1) is 11.6. The van der Waals surface area contributed by atoms with Gasteiger partial charge in [0.1, 0.15) is 0 Å². The number of nitrogens with one attached hydrogen (secondary N) is 2. The lowest BCUT2D eigenvalue weighted by Crippen LogP contribution is -2.37. The Balaban J connectivity index is 1.51. The Morgan fingerprint density at radius 2 is 2.04 bits per heavy atom. The number of nitrogens with zero attached hydrogens (tertiary/aromatic N) is 2. The number of anilines is 1. The van der Waals surface area contributed by atoms with E-state index in [-0.39, 0.29) is 5.56 Å². The second-order valence-electron chi connectivity index (χ2n) is 7.28. The van der Waals surface area contributed by atoms with Crippen LogP contribution >= 0.6 is 0 Å². The molecule has 24 heavy (non-hydrogen) atoms. The van der Waals surface area contributed by atoms with Gasteiger partial charge in [0.25, 0.3) is 5.56 Å². The SMILES string of the molecule is CC(C)CCN1CCC(CNc2nc3ccccc3c(=O)[nH]2)CC1. The fraction of sp³-hybridized carbons (Fsp3) is 0.579. The minimum Gasteiger partial charge on any atom is -0.355 e. The average Bonchev–Trinajstić information content (AvgIpc) is 2.59. The topological polar surface area (TPSA) is 61.0 Å². The minimum absolute atomic E-state index is 0.0772. The Bertz CT molecular complexity index is 717. The average molecular weight is 328 g/mol.